The molecular weight excluding hydrogens is 775 g/mol. The fourth-order valence-electron chi connectivity index (χ4n) is 9.10. The zero-order valence-corrected chi connectivity index (χ0v) is 42.7. The van der Waals surface area contributed by atoms with Gasteiger partial charge >= 0.3 is 0 Å². The van der Waals surface area contributed by atoms with Crippen molar-refractivity contribution in [3.8, 4) is 0 Å². The number of nitrogens with one attached hydrogen (secondary N) is 1. The highest BCUT2D eigenvalue weighted by atomic mass is 16.3. The minimum Gasteiger partial charge on any atom is -0.394 e. The molecule has 1 amide bonds. The van der Waals surface area contributed by atoms with Crippen LogP contribution >= 0.6 is 0 Å². The van der Waals surface area contributed by atoms with Gasteiger partial charge in [0, 0.05) is 0 Å². The van der Waals surface area contributed by atoms with Crippen LogP contribution in [0, 0.1) is 0 Å². The van der Waals surface area contributed by atoms with Crippen LogP contribution in [0.4, 0.5) is 0 Å². The monoisotopic (exact) mass is 888 g/mol. The Hall–Kier alpha value is -1.17. The lowest BCUT2D eigenvalue weighted by atomic mass is 10.0. The van der Waals surface area contributed by atoms with Gasteiger partial charge in [0.1, 0.15) is 0 Å². The van der Waals surface area contributed by atoms with E-state index in [9.17, 15) is 20.1 Å². The zero-order chi connectivity index (χ0) is 45.8. The Morgan fingerprint density at radius 2 is 0.667 bits per heavy atom. The molecule has 0 aromatic heterocycles. The maximum atomic E-state index is 12.5. The van der Waals surface area contributed by atoms with Crippen molar-refractivity contribution < 1.29 is 20.1 Å². The van der Waals surface area contributed by atoms with Gasteiger partial charge in [-0.1, -0.05) is 289 Å². The summed E-state index contributed by atoms with van der Waals surface area (Å²) >= 11 is 0. The van der Waals surface area contributed by atoms with Crippen molar-refractivity contribution in [2.75, 3.05) is 6.61 Å². The van der Waals surface area contributed by atoms with Crippen LogP contribution in [0.3, 0.4) is 0 Å². The molecule has 0 aliphatic carbocycles. The van der Waals surface area contributed by atoms with Crippen LogP contribution in [0.1, 0.15) is 316 Å². The second kappa shape index (κ2) is 53.4. The second-order valence-electron chi connectivity index (χ2n) is 19.9. The van der Waals surface area contributed by atoms with E-state index in [0.717, 1.165) is 25.7 Å². The Morgan fingerprint density at radius 3 is 0.968 bits per heavy atom. The highest BCUT2D eigenvalue weighted by Gasteiger charge is 2.20. The summed E-state index contributed by atoms with van der Waals surface area (Å²) in [6, 6.07) is -0.742. The summed E-state index contributed by atoms with van der Waals surface area (Å²) in [6.07, 6.45) is 68.0. The summed E-state index contributed by atoms with van der Waals surface area (Å²) in [7, 11) is 0. The number of aliphatic hydroxyl groups excluding tert-OH is 3. The van der Waals surface area contributed by atoms with E-state index in [-0.39, 0.29) is 18.9 Å². The number of carbonyl (C=O) groups excluding carboxylic acids is 1. The first-order valence-electron chi connectivity index (χ1n) is 28.6. The van der Waals surface area contributed by atoms with Crippen molar-refractivity contribution in [2.45, 2.75) is 334 Å². The Balaban J connectivity index is 3.51. The summed E-state index contributed by atoms with van der Waals surface area (Å²) in [5, 5.41) is 33.4. The molecule has 0 fully saturated rings. The summed E-state index contributed by atoms with van der Waals surface area (Å²) in [4.78, 5) is 12.5. The number of aliphatic hydroxyl groups is 3. The Labute approximate surface area is 394 Å². The number of rotatable bonds is 53. The van der Waals surface area contributed by atoms with Gasteiger partial charge in [0.15, 0.2) is 0 Å². The first-order valence-corrected chi connectivity index (χ1v) is 28.6. The van der Waals surface area contributed by atoms with E-state index in [1.807, 2.05) is 6.08 Å². The SMILES string of the molecule is CCCCCCCCCCCCCC/C=C\CCCCCCCCCCCCCCCCCC(O)CC(=O)NC(CO)C(O)/C=C/CCCCCCCCCCCCCCCCC. The van der Waals surface area contributed by atoms with Crippen LogP contribution in [0.15, 0.2) is 24.3 Å². The van der Waals surface area contributed by atoms with Crippen molar-refractivity contribution in [3.05, 3.63) is 24.3 Å². The molecule has 0 aromatic rings. The quantitative estimate of drug-likeness (QED) is 0.0362. The molecule has 0 bridgehead atoms. The first kappa shape index (κ1) is 61.8. The summed E-state index contributed by atoms with van der Waals surface area (Å²) < 4.78 is 0. The van der Waals surface area contributed by atoms with Crippen molar-refractivity contribution in [2.24, 2.45) is 0 Å². The molecule has 0 spiro atoms. The molecule has 63 heavy (non-hydrogen) atoms. The van der Waals surface area contributed by atoms with Gasteiger partial charge in [0.2, 0.25) is 5.91 Å². The molecule has 5 heteroatoms. The molecule has 0 saturated carbocycles. The molecule has 0 aliphatic heterocycles. The number of amides is 1. The van der Waals surface area contributed by atoms with E-state index in [4.69, 9.17) is 0 Å². The third-order valence-corrected chi connectivity index (χ3v) is 13.5. The van der Waals surface area contributed by atoms with Crippen LogP contribution in [0.25, 0.3) is 0 Å². The summed E-state index contributed by atoms with van der Waals surface area (Å²) in [5.41, 5.74) is 0. The predicted molar refractivity (Wildman–Crippen MR) is 278 cm³/mol. The lowest BCUT2D eigenvalue weighted by Gasteiger charge is -2.21. The molecule has 4 N–H and O–H groups in total. The fourth-order valence-corrected chi connectivity index (χ4v) is 9.10. The minimum absolute atomic E-state index is 0.0171. The molecule has 3 unspecified atom stereocenters. The van der Waals surface area contributed by atoms with E-state index < -0.39 is 18.2 Å². The topological polar surface area (TPSA) is 89.8 Å². The van der Waals surface area contributed by atoms with Crippen LogP contribution in [-0.2, 0) is 4.79 Å². The van der Waals surface area contributed by atoms with E-state index in [0.29, 0.717) is 6.42 Å². The summed E-state index contributed by atoms with van der Waals surface area (Å²) in [5.74, 6) is -0.310. The molecule has 0 saturated heterocycles. The third-order valence-electron chi connectivity index (χ3n) is 13.5. The number of hydrogen-bond donors (Lipinski definition) is 4. The van der Waals surface area contributed by atoms with Crippen molar-refractivity contribution in [3.63, 3.8) is 0 Å². The standard InChI is InChI=1S/C58H113NO4/c1-3-5-7-9-11-13-15-17-19-21-22-23-24-25-26-27-28-29-30-31-32-33-34-36-37-39-41-43-45-47-49-51-55(61)53-58(63)59-56(54-60)57(62)52-50-48-46-44-42-40-38-35-20-18-16-14-12-10-8-6-4-2/h25-26,50,52,55-57,60-62H,3-24,27-49,51,53-54H2,1-2H3,(H,59,63)/b26-25-,52-50+. The lowest BCUT2D eigenvalue weighted by molar-refractivity contribution is -0.124. The third kappa shape index (κ3) is 50.1. The zero-order valence-electron chi connectivity index (χ0n) is 42.7. The lowest BCUT2D eigenvalue weighted by Crippen LogP contribution is -2.45. The van der Waals surface area contributed by atoms with Gasteiger partial charge in [-0.05, 0) is 44.9 Å². The van der Waals surface area contributed by atoms with E-state index in [2.05, 4.69) is 31.3 Å². The van der Waals surface area contributed by atoms with Crippen molar-refractivity contribution in [1.29, 1.82) is 0 Å². The molecule has 0 aromatic carbocycles. The maximum Gasteiger partial charge on any atom is 0.222 e. The second-order valence-corrected chi connectivity index (χ2v) is 19.9. The molecule has 374 valence electrons. The van der Waals surface area contributed by atoms with Crippen LogP contribution in [0.5, 0.6) is 0 Å². The van der Waals surface area contributed by atoms with Crippen molar-refractivity contribution >= 4 is 5.91 Å². The van der Waals surface area contributed by atoms with E-state index in [1.165, 1.54) is 263 Å². The van der Waals surface area contributed by atoms with Crippen molar-refractivity contribution in [1.82, 2.24) is 5.32 Å². The van der Waals surface area contributed by atoms with Gasteiger partial charge in [-0.15, -0.1) is 0 Å². The predicted octanol–water partition coefficient (Wildman–Crippen LogP) is 17.7. The average Bonchev–Trinajstić information content (AvgIpc) is 3.28. The molecular formula is C58H113NO4. The average molecular weight is 889 g/mol. The molecule has 0 heterocycles. The van der Waals surface area contributed by atoms with Gasteiger partial charge in [0.05, 0.1) is 31.3 Å². The highest BCUT2D eigenvalue weighted by Crippen LogP contribution is 2.17. The largest absolute Gasteiger partial charge is 0.394 e. The minimum atomic E-state index is -0.927. The molecule has 0 radical (unpaired) electrons. The fraction of sp³-hybridized carbons (Fsp3) is 0.914. The van der Waals surface area contributed by atoms with Gasteiger partial charge in [-0.3, -0.25) is 4.79 Å². The van der Waals surface area contributed by atoms with Crippen LogP contribution in [-0.4, -0.2) is 46.1 Å². The summed E-state index contributed by atoms with van der Waals surface area (Å²) in [6.45, 7) is 4.25. The Morgan fingerprint density at radius 1 is 0.397 bits per heavy atom. The highest BCUT2D eigenvalue weighted by molar-refractivity contribution is 5.76. The molecule has 5 nitrogen and oxygen atoms in total. The van der Waals surface area contributed by atoms with Crippen LogP contribution < -0.4 is 5.32 Å². The van der Waals surface area contributed by atoms with E-state index in [1.54, 1.807) is 6.08 Å². The normalized spacial score (nSPS) is 13.4. The number of allylic oxidation sites excluding steroid dienone is 3. The maximum absolute atomic E-state index is 12.5. The van der Waals surface area contributed by atoms with Gasteiger partial charge in [0.25, 0.3) is 0 Å². The molecule has 0 aliphatic rings. The Kier molecular flexibility index (Phi) is 52.5. The van der Waals surface area contributed by atoms with Gasteiger partial charge in [-0.25, -0.2) is 0 Å². The Bertz CT molecular complexity index is 936. The van der Waals surface area contributed by atoms with Gasteiger partial charge in [-0.2, -0.15) is 0 Å². The smallest absolute Gasteiger partial charge is 0.222 e. The van der Waals surface area contributed by atoms with E-state index >= 15 is 0 Å². The molecule has 3 atom stereocenters. The van der Waals surface area contributed by atoms with Gasteiger partial charge < -0.3 is 20.6 Å². The van der Waals surface area contributed by atoms with Crippen LogP contribution in [0.2, 0.25) is 0 Å². The number of carbonyl (C=O) groups is 1. The molecule has 0 rings (SSSR count). The number of hydrogen-bond acceptors (Lipinski definition) is 4. The number of unbranched alkanes of at least 4 members (excludes halogenated alkanes) is 42. The first-order chi connectivity index (χ1) is 31.0.